The van der Waals surface area contributed by atoms with Gasteiger partial charge in [0.15, 0.2) is 11.5 Å². The third kappa shape index (κ3) is 2.15. The second-order valence-electron chi connectivity index (χ2n) is 6.11. The predicted octanol–water partition coefficient (Wildman–Crippen LogP) is 4.26. The molecule has 5 rings (SSSR count). The van der Waals surface area contributed by atoms with Gasteiger partial charge in [0.1, 0.15) is 5.69 Å². The minimum atomic E-state index is -0.520. The van der Waals surface area contributed by atoms with Crippen LogP contribution >= 0.6 is 0 Å². The van der Waals surface area contributed by atoms with E-state index in [9.17, 15) is 4.39 Å². The lowest BCUT2D eigenvalue weighted by atomic mass is 10.0. The number of nitrogens with zero attached hydrogens (tertiary/aromatic N) is 3. The smallest absolute Gasteiger partial charge is 0.231 e. The Morgan fingerprint density at radius 1 is 1.04 bits per heavy atom. The number of hydrogen-bond donors (Lipinski definition) is 0. The molecule has 1 aliphatic heterocycles. The van der Waals surface area contributed by atoms with E-state index in [1.165, 1.54) is 12.3 Å². The van der Waals surface area contributed by atoms with Crippen LogP contribution in [0.25, 0.3) is 27.8 Å². The Kier molecular flexibility index (Phi) is 3.18. The van der Waals surface area contributed by atoms with E-state index >= 15 is 0 Å². The normalized spacial score (nSPS) is 12.7. The first-order valence-electron chi connectivity index (χ1n) is 8.21. The van der Waals surface area contributed by atoms with Crippen molar-refractivity contribution in [1.29, 1.82) is 0 Å². The number of aryl methyl sites for hydroxylation is 1. The van der Waals surface area contributed by atoms with E-state index in [4.69, 9.17) is 14.6 Å². The summed E-state index contributed by atoms with van der Waals surface area (Å²) in [6, 6.07) is 14.8. The van der Waals surface area contributed by atoms with Crippen molar-refractivity contribution in [3.8, 4) is 28.4 Å². The number of hydrogen-bond acceptors (Lipinski definition) is 4. The third-order valence-electron chi connectivity index (χ3n) is 4.51. The van der Waals surface area contributed by atoms with Crippen LogP contribution in [0.4, 0.5) is 4.39 Å². The van der Waals surface area contributed by atoms with Crippen molar-refractivity contribution in [2.24, 2.45) is 0 Å². The average molecular weight is 347 g/mol. The largest absolute Gasteiger partial charge is 0.454 e. The maximum absolute atomic E-state index is 13.2. The summed E-state index contributed by atoms with van der Waals surface area (Å²) in [5.41, 5.74) is 4.37. The SMILES string of the molecule is Cc1cccc2c(-c3cccc4c3OCO4)nn(-c3ccc(F)nc3)c12. The Bertz CT molecular complexity index is 1140. The average Bonchev–Trinajstić information content (AvgIpc) is 3.27. The van der Waals surface area contributed by atoms with Gasteiger partial charge in [-0.05, 0) is 36.8 Å². The third-order valence-corrected chi connectivity index (χ3v) is 4.51. The molecule has 0 saturated heterocycles. The number of benzene rings is 2. The molecule has 0 spiro atoms. The van der Waals surface area contributed by atoms with Crippen LogP contribution in [0.5, 0.6) is 11.5 Å². The van der Waals surface area contributed by atoms with Gasteiger partial charge in [0.25, 0.3) is 0 Å². The molecule has 4 aromatic rings. The van der Waals surface area contributed by atoms with Crippen molar-refractivity contribution < 1.29 is 13.9 Å². The summed E-state index contributed by atoms with van der Waals surface area (Å²) in [4.78, 5) is 3.76. The molecule has 5 nitrogen and oxygen atoms in total. The molecule has 0 amide bonds. The number of pyridine rings is 1. The zero-order valence-electron chi connectivity index (χ0n) is 13.9. The lowest BCUT2D eigenvalue weighted by Gasteiger charge is -2.04. The minimum Gasteiger partial charge on any atom is -0.454 e. The van der Waals surface area contributed by atoms with Crippen LogP contribution in [0.1, 0.15) is 5.56 Å². The van der Waals surface area contributed by atoms with Crippen molar-refractivity contribution >= 4 is 10.9 Å². The molecule has 2 aromatic heterocycles. The van der Waals surface area contributed by atoms with E-state index in [2.05, 4.69) is 4.98 Å². The van der Waals surface area contributed by atoms with E-state index in [1.54, 1.807) is 10.7 Å². The highest BCUT2D eigenvalue weighted by atomic mass is 19.1. The van der Waals surface area contributed by atoms with Crippen LogP contribution in [0.15, 0.2) is 54.7 Å². The van der Waals surface area contributed by atoms with Crippen LogP contribution in [0.2, 0.25) is 0 Å². The standard InChI is InChI=1S/C20H14FN3O2/c1-12-4-2-5-14-18(15-6-3-7-16-20(15)26-11-25-16)23-24(19(12)14)13-8-9-17(21)22-10-13/h2-10H,11H2,1H3. The molecule has 0 bridgehead atoms. The van der Waals surface area contributed by atoms with E-state index in [-0.39, 0.29) is 6.79 Å². The van der Waals surface area contributed by atoms with Gasteiger partial charge in [0, 0.05) is 10.9 Å². The van der Waals surface area contributed by atoms with E-state index < -0.39 is 5.95 Å². The molecule has 128 valence electrons. The van der Waals surface area contributed by atoms with Crippen molar-refractivity contribution in [2.45, 2.75) is 6.92 Å². The Morgan fingerprint density at radius 3 is 2.77 bits per heavy atom. The Balaban J connectivity index is 1.82. The molecule has 3 heterocycles. The fourth-order valence-electron chi connectivity index (χ4n) is 3.33. The number of aromatic nitrogens is 3. The van der Waals surface area contributed by atoms with Gasteiger partial charge in [-0.3, -0.25) is 0 Å². The quantitative estimate of drug-likeness (QED) is 0.508. The summed E-state index contributed by atoms with van der Waals surface area (Å²) in [7, 11) is 0. The van der Waals surface area contributed by atoms with E-state index in [0.29, 0.717) is 17.2 Å². The number of fused-ring (bicyclic) bond motifs is 2. The van der Waals surface area contributed by atoms with Gasteiger partial charge in [-0.2, -0.15) is 9.49 Å². The van der Waals surface area contributed by atoms with Crippen molar-refractivity contribution in [2.75, 3.05) is 6.79 Å². The first kappa shape index (κ1) is 14.9. The number of ether oxygens (including phenoxy) is 2. The lowest BCUT2D eigenvalue weighted by molar-refractivity contribution is 0.174. The summed E-state index contributed by atoms with van der Waals surface area (Å²) in [6.07, 6.45) is 1.48. The van der Waals surface area contributed by atoms with Gasteiger partial charge >= 0.3 is 0 Å². The van der Waals surface area contributed by atoms with E-state index in [0.717, 1.165) is 27.7 Å². The zero-order chi connectivity index (χ0) is 17.7. The van der Waals surface area contributed by atoms with Crippen LogP contribution in [-0.4, -0.2) is 21.6 Å². The summed E-state index contributed by atoms with van der Waals surface area (Å²) in [5, 5.41) is 5.80. The van der Waals surface area contributed by atoms with Gasteiger partial charge in [-0.1, -0.05) is 24.3 Å². The van der Waals surface area contributed by atoms with Crippen molar-refractivity contribution in [1.82, 2.24) is 14.8 Å². The molecule has 26 heavy (non-hydrogen) atoms. The molecule has 0 aliphatic carbocycles. The Hall–Kier alpha value is -3.41. The second kappa shape index (κ2) is 5.56. The van der Waals surface area contributed by atoms with Gasteiger partial charge in [-0.15, -0.1) is 0 Å². The van der Waals surface area contributed by atoms with Gasteiger partial charge in [0.05, 0.1) is 17.4 Å². The first-order chi connectivity index (χ1) is 12.7. The summed E-state index contributed by atoms with van der Waals surface area (Å²) in [6.45, 7) is 2.22. The number of rotatable bonds is 2. The topological polar surface area (TPSA) is 49.2 Å². The molecule has 6 heteroatoms. The Morgan fingerprint density at radius 2 is 1.92 bits per heavy atom. The van der Waals surface area contributed by atoms with E-state index in [1.807, 2.05) is 43.3 Å². The summed E-state index contributed by atoms with van der Waals surface area (Å²) < 4.78 is 26.2. The van der Waals surface area contributed by atoms with Gasteiger partial charge in [-0.25, -0.2) is 9.67 Å². The molecule has 0 N–H and O–H groups in total. The predicted molar refractivity (Wildman–Crippen MR) is 95.1 cm³/mol. The zero-order valence-corrected chi connectivity index (χ0v) is 13.9. The lowest BCUT2D eigenvalue weighted by Crippen LogP contribution is -1.99. The highest BCUT2D eigenvalue weighted by Crippen LogP contribution is 2.43. The van der Waals surface area contributed by atoms with Crippen molar-refractivity contribution in [3.63, 3.8) is 0 Å². The fraction of sp³-hybridized carbons (Fsp3) is 0.100. The van der Waals surface area contributed by atoms with Crippen LogP contribution in [-0.2, 0) is 0 Å². The summed E-state index contributed by atoms with van der Waals surface area (Å²) >= 11 is 0. The highest BCUT2D eigenvalue weighted by Gasteiger charge is 2.23. The molecular formula is C20H14FN3O2. The molecular weight excluding hydrogens is 333 g/mol. The molecule has 1 aliphatic rings. The van der Waals surface area contributed by atoms with Gasteiger partial charge in [0.2, 0.25) is 12.7 Å². The number of halogens is 1. The second-order valence-corrected chi connectivity index (χ2v) is 6.11. The monoisotopic (exact) mass is 347 g/mol. The molecule has 0 atom stereocenters. The molecule has 2 aromatic carbocycles. The maximum Gasteiger partial charge on any atom is 0.231 e. The Labute approximate surface area is 148 Å². The maximum atomic E-state index is 13.2. The fourth-order valence-corrected chi connectivity index (χ4v) is 3.33. The summed E-state index contributed by atoms with van der Waals surface area (Å²) in [5.74, 6) is 0.882. The van der Waals surface area contributed by atoms with Crippen LogP contribution in [0.3, 0.4) is 0 Å². The molecule has 0 unspecified atom stereocenters. The van der Waals surface area contributed by atoms with Gasteiger partial charge < -0.3 is 9.47 Å². The molecule has 0 saturated carbocycles. The van der Waals surface area contributed by atoms with Crippen LogP contribution < -0.4 is 9.47 Å². The first-order valence-corrected chi connectivity index (χ1v) is 8.21. The highest BCUT2D eigenvalue weighted by molar-refractivity contribution is 5.97. The van der Waals surface area contributed by atoms with Crippen LogP contribution in [0, 0.1) is 12.9 Å². The molecule has 0 radical (unpaired) electrons. The van der Waals surface area contributed by atoms with Crippen molar-refractivity contribution in [3.05, 3.63) is 66.2 Å². The number of para-hydroxylation sites is 2. The molecule has 0 fully saturated rings. The minimum absolute atomic E-state index is 0.200.